The Kier molecular flexibility index (Phi) is 5.03. The lowest BCUT2D eigenvalue weighted by Gasteiger charge is -2.28. The lowest BCUT2D eigenvalue weighted by Crippen LogP contribution is -2.36. The Bertz CT molecular complexity index is 653. The molecule has 1 aliphatic heterocycles. The Hall–Kier alpha value is -2.20. The lowest BCUT2D eigenvalue weighted by atomic mass is 9.88. The van der Waals surface area contributed by atoms with Gasteiger partial charge in [-0.3, -0.25) is 9.63 Å². The fourth-order valence-electron chi connectivity index (χ4n) is 2.92. The third kappa shape index (κ3) is 3.77. The maximum Gasteiger partial charge on any atom is 0.247 e. The van der Waals surface area contributed by atoms with Crippen molar-refractivity contribution in [3.63, 3.8) is 0 Å². The summed E-state index contributed by atoms with van der Waals surface area (Å²) in [6.07, 6.45) is 2.12. The van der Waals surface area contributed by atoms with Gasteiger partial charge in [0.15, 0.2) is 0 Å². The molecule has 3 nitrogen and oxygen atoms in total. The van der Waals surface area contributed by atoms with Gasteiger partial charge in [0, 0.05) is 18.9 Å². The summed E-state index contributed by atoms with van der Waals surface area (Å²) in [7, 11) is 0. The minimum Gasteiger partial charge on any atom is -0.273 e. The van der Waals surface area contributed by atoms with Crippen LogP contribution in [0.4, 0.5) is 4.39 Å². The minimum absolute atomic E-state index is 0.0955. The number of hydroxylamine groups is 2. The van der Waals surface area contributed by atoms with Crippen molar-refractivity contribution >= 4 is 5.91 Å². The van der Waals surface area contributed by atoms with E-state index in [1.54, 1.807) is 18.2 Å². The molecule has 0 spiro atoms. The molecule has 4 heteroatoms. The Morgan fingerprint density at radius 1 is 1.09 bits per heavy atom. The zero-order valence-electron chi connectivity index (χ0n) is 13.0. The fraction of sp³-hybridized carbons (Fsp3) is 0.316. The third-order valence-electron chi connectivity index (χ3n) is 4.14. The molecule has 1 heterocycles. The molecule has 1 unspecified atom stereocenters. The maximum atomic E-state index is 14.3. The molecule has 0 aromatic heterocycles. The van der Waals surface area contributed by atoms with Gasteiger partial charge in [0.1, 0.15) is 5.82 Å². The van der Waals surface area contributed by atoms with E-state index in [0.717, 1.165) is 18.4 Å². The van der Waals surface area contributed by atoms with Crippen molar-refractivity contribution in [3.8, 4) is 0 Å². The Labute approximate surface area is 135 Å². The number of amides is 1. The number of halogens is 1. The van der Waals surface area contributed by atoms with Crippen LogP contribution in [0.2, 0.25) is 0 Å². The molecule has 2 aromatic rings. The van der Waals surface area contributed by atoms with Crippen molar-refractivity contribution in [1.82, 2.24) is 5.06 Å². The summed E-state index contributed by atoms with van der Waals surface area (Å²) in [5.74, 6) is -0.689. The van der Waals surface area contributed by atoms with Crippen molar-refractivity contribution in [3.05, 3.63) is 71.5 Å². The summed E-state index contributed by atoms with van der Waals surface area (Å²) < 4.78 is 14.3. The molecule has 2 aromatic carbocycles. The van der Waals surface area contributed by atoms with Crippen molar-refractivity contribution in [1.29, 1.82) is 0 Å². The molecule has 0 saturated carbocycles. The number of nitrogens with zero attached hydrogens (tertiary/aromatic N) is 1. The van der Waals surface area contributed by atoms with Crippen LogP contribution in [0.15, 0.2) is 54.6 Å². The molecule has 1 atom stereocenters. The first-order valence-corrected chi connectivity index (χ1v) is 7.98. The summed E-state index contributed by atoms with van der Waals surface area (Å²) in [5, 5.41) is 1.43. The minimum atomic E-state index is -0.310. The van der Waals surface area contributed by atoms with E-state index in [1.807, 2.05) is 30.3 Å². The SMILES string of the molecule is O=C(CC(c1ccccc1)c1ccccc1F)N1CCCCO1. The van der Waals surface area contributed by atoms with E-state index >= 15 is 0 Å². The lowest BCUT2D eigenvalue weighted by molar-refractivity contribution is -0.197. The van der Waals surface area contributed by atoms with Gasteiger partial charge < -0.3 is 0 Å². The van der Waals surface area contributed by atoms with Gasteiger partial charge in [-0.05, 0) is 30.0 Å². The molecule has 23 heavy (non-hydrogen) atoms. The summed E-state index contributed by atoms with van der Waals surface area (Å²) in [6.45, 7) is 1.18. The second kappa shape index (κ2) is 7.38. The highest BCUT2D eigenvalue weighted by atomic mass is 19.1. The van der Waals surface area contributed by atoms with Crippen molar-refractivity contribution < 1.29 is 14.0 Å². The van der Waals surface area contributed by atoms with Gasteiger partial charge >= 0.3 is 0 Å². The molecular formula is C19H20FNO2. The molecule has 1 saturated heterocycles. The van der Waals surface area contributed by atoms with Crippen LogP contribution in [0.3, 0.4) is 0 Å². The summed E-state index contributed by atoms with van der Waals surface area (Å²) in [5.41, 5.74) is 1.48. The van der Waals surface area contributed by atoms with Crippen molar-refractivity contribution in [2.75, 3.05) is 13.2 Å². The smallest absolute Gasteiger partial charge is 0.247 e. The van der Waals surface area contributed by atoms with Crippen LogP contribution >= 0.6 is 0 Å². The molecule has 1 aliphatic rings. The topological polar surface area (TPSA) is 29.5 Å². The number of hydrogen-bond donors (Lipinski definition) is 0. The third-order valence-corrected chi connectivity index (χ3v) is 4.14. The van der Waals surface area contributed by atoms with E-state index in [1.165, 1.54) is 11.1 Å². The van der Waals surface area contributed by atoms with Gasteiger partial charge in [0.2, 0.25) is 5.91 Å². The molecule has 3 rings (SSSR count). The quantitative estimate of drug-likeness (QED) is 0.856. The second-order valence-corrected chi connectivity index (χ2v) is 5.73. The number of benzene rings is 2. The first kappa shape index (κ1) is 15.7. The van der Waals surface area contributed by atoms with Crippen LogP contribution in [-0.2, 0) is 9.63 Å². The van der Waals surface area contributed by atoms with Crippen LogP contribution in [0.5, 0.6) is 0 Å². The number of carbonyl (C=O) groups is 1. The number of hydrogen-bond acceptors (Lipinski definition) is 2. The average Bonchev–Trinajstić information content (AvgIpc) is 2.62. The molecule has 0 radical (unpaired) electrons. The van der Waals surface area contributed by atoms with E-state index in [0.29, 0.717) is 18.7 Å². The molecule has 0 N–H and O–H groups in total. The van der Waals surface area contributed by atoms with Gasteiger partial charge in [0.05, 0.1) is 6.61 Å². The van der Waals surface area contributed by atoms with Crippen LogP contribution in [0.1, 0.15) is 36.3 Å². The highest BCUT2D eigenvalue weighted by molar-refractivity contribution is 5.76. The fourth-order valence-corrected chi connectivity index (χ4v) is 2.92. The van der Waals surface area contributed by atoms with Gasteiger partial charge in [0.25, 0.3) is 0 Å². The average molecular weight is 313 g/mol. The second-order valence-electron chi connectivity index (χ2n) is 5.73. The predicted molar refractivity (Wildman–Crippen MR) is 86.2 cm³/mol. The van der Waals surface area contributed by atoms with E-state index in [2.05, 4.69) is 0 Å². The van der Waals surface area contributed by atoms with E-state index in [9.17, 15) is 9.18 Å². The molecule has 1 amide bonds. The number of rotatable bonds is 4. The Morgan fingerprint density at radius 3 is 2.52 bits per heavy atom. The van der Waals surface area contributed by atoms with Gasteiger partial charge in [-0.25, -0.2) is 9.45 Å². The standard InChI is InChI=1S/C19H20FNO2/c20-18-11-5-4-10-16(18)17(15-8-2-1-3-9-15)14-19(22)21-12-6-7-13-23-21/h1-5,8-11,17H,6-7,12-14H2. The van der Waals surface area contributed by atoms with Gasteiger partial charge in [-0.1, -0.05) is 48.5 Å². The van der Waals surface area contributed by atoms with E-state index < -0.39 is 0 Å². The van der Waals surface area contributed by atoms with E-state index in [-0.39, 0.29) is 24.1 Å². The Balaban J connectivity index is 1.87. The molecular weight excluding hydrogens is 293 g/mol. The highest BCUT2D eigenvalue weighted by Gasteiger charge is 2.25. The largest absolute Gasteiger partial charge is 0.273 e. The molecule has 120 valence electrons. The van der Waals surface area contributed by atoms with Crippen LogP contribution in [0.25, 0.3) is 0 Å². The monoisotopic (exact) mass is 313 g/mol. The van der Waals surface area contributed by atoms with Crippen molar-refractivity contribution in [2.45, 2.75) is 25.2 Å². The van der Waals surface area contributed by atoms with Crippen molar-refractivity contribution in [2.24, 2.45) is 0 Å². The summed E-state index contributed by atoms with van der Waals surface area (Å²) in [4.78, 5) is 18.0. The highest BCUT2D eigenvalue weighted by Crippen LogP contribution is 2.30. The predicted octanol–water partition coefficient (Wildman–Crippen LogP) is 3.90. The normalized spacial score (nSPS) is 16.1. The van der Waals surface area contributed by atoms with Crippen LogP contribution in [0, 0.1) is 5.82 Å². The zero-order chi connectivity index (χ0) is 16.1. The first-order chi connectivity index (χ1) is 11.3. The molecule has 0 aliphatic carbocycles. The van der Waals surface area contributed by atoms with Crippen LogP contribution in [-0.4, -0.2) is 24.1 Å². The van der Waals surface area contributed by atoms with Gasteiger partial charge in [-0.15, -0.1) is 0 Å². The zero-order valence-corrected chi connectivity index (χ0v) is 13.0. The summed E-state index contributed by atoms with van der Waals surface area (Å²) in [6, 6.07) is 16.2. The first-order valence-electron chi connectivity index (χ1n) is 7.98. The van der Waals surface area contributed by atoms with E-state index in [4.69, 9.17) is 4.84 Å². The van der Waals surface area contributed by atoms with Crippen LogP contribution < -0.4 is 0 Å². The van der Waals surface area contributed by atoms with Gasteiger partial charge in [-0.2, -0.15) is 0 Å². The number of carbonyl (C=O) groups excluding carboxylic acids is 1. The Morgan fingerprint density at radius 2 is 1.83 bits per heavy atom. The molecule has 0 bridgehead atoms. The molecule has 1 fully saturated rings. The summed E-state index contributed by atoms with van der Waals surface area (Å²) >= 11 is 0. The maximum absolute atomic E-state index is 14.3.